The minimum atomic E-state index is -4.73. The van der Waals surface area contributed by atoms with Crippen LogP contribution in [-0.4, -0.2) is 39.1 Å². The molecule has 2 amide bonds. The average molecular weight is 459 g/mol. The van der Waals surface area contributed by atoms with Gasteiger partial charge >= 0.3 is 6.18 Å². The number of ether oxygens (including phenoxy) is 1. The normalized spacial score (nSPS) is 11.8. The second-order valence-electron chi connectivity index (χ2n) is 6.57. The van der Waals surface area contributed by atoms with Crippen LogP contribution in [0.1, 0.15) is 34.6 Å². The Balaban J connectivity index is 2.01. The van der Waals surface area contributed by atoms with Gasteiger partial charge in [-0.15, -0.1) is 0 Å². The van der Waals surface area contributed by atoms with Gasteiger partial charge in [0.2, 0.25) is 10.0 Å². The first kappa shape index (κ1) is 24.2. The number of halogens is 3. The number of hydrogen-bond acceptors (Lipinski definition) is 5. The Morgan fingerprint density at radius 1 is 0.968 bits per heavy atom. The molecule has 31 heavy (non-hydrogen) atoms. The maximum Gasteiger partial charge on any atom is 0.402 e. The summed E-state index contributed by atoms with van der Waals surface area (Å²) in [5.74, 6) is -0.936. The van der Waals surface area contributed by atoms with E-state index >= 15 is 0 Å². The van der Waals surface area contributed by atoms with Crippen molar-refractivity contribution in [2.75, 3.05) is 6.54 Å². The van der Waals surface area contributed by atoms with E-state index in [1.807, 2.05) is 13.8 Å². The molecule has 0 spiro atoms. The Bertz CT molecular complexity index is 1040. The van der Waals surface area contributed by atoms with Gasteiger partial charge in [-0.25, -0.2) is 13.1 Å². The molecule has 168 valence electrons. The van der Waals surface area contributed by atoms with Crippen molar-refractivity contribution in [3.8, 4) is 5.75 Å². The van der Waals surface area contributed by atoms with Crippen LogP contribution in [0.15, 0.2) is 53.4 Å². The van der Waals surface area contributed by atoms with Crippen molar-refractivity contribution < 1.29 is 35.9 Å². The fourth-order valence-electron chi connectivity index (χ4n) is 2.28. The molecule has 0 saturated heterocycles. The van der Waals surface area contributed by atoms with Gasteiger partial charge in [0, 0.05) is 11.1 Å². The molecule has 2 aromatic carbocycles. The number of sulfonamides is 1. The zero-order valence-corrected chi connectivity index (χ0v) is 17.3. The third kappa shape index (κ3) is 7.57. The largest absolute Gasteiger partial charge is 0.491 e. The van der Waals surface area contributed by atoms with Crippen molar-refractivity contribution in [3.05, 3.63) is 59.7 Å². The molecule has 0 radical (unpaired) electrons. The van der Waals surface area contributed by atoms with Crippen molar-refractivity contribution in [1.82, 2.24) is 15.6 Å². The van der Waals surface area contributed by atoms with Crippen molar-refractivity contribution in [2.24, 2.45) is 0 Å². The van der Waals surface area contributed by atoms with Gasteiger partial charge in [-0.05, 0) is 56.3 Å². The molecule has 8 nitrogen and oxygen atoms in total. The molecule has 12 heteroatoms. The van der Waals surface area contributed by atoms with Gasteiger partial charge in [0.1, 0.15) is 12.3 Å². The van der Waals surface area contributed by atoms with Gasteiger partial charge in [0.15, 0.2) is 0 Å². The van der Waals surface area contributed by atoms with Crippen molar-refractivity contribution in [2.45, 2.75) is 31.0 Å². The standard InChI is InChI=1S/C19H20F3N3O5S/c1-12(2)30-15-8-6-13(7-9-15)17(26)24-25-18(27)14-4-3-5-16(10-14)31(28,29)23-11-19(20,21)22/h3-10,12,23H,11H2,1-2H3,(H,24,26)(H,25,27). The monoisotopic (exact) mass is 459 g/mol. The molecule has 0 unspecified atom stereocenters. The quantitative estimate of drug-likeness (QED) is 0.551. The van der Waals surface area contributed by atoms with Gasteiger partial charge in [0.05, 0.1) is 11.0 Å². The molecule has 0 saturated carbocycles. The molecule has 0 heterocycles. The van der Waals surface area contributed by atoms with E-state index in [1.165, 1.54) is 29.0 Å². The van der Waals surface area contributed by atoms with Crippen LogP contribution in [0, 0.1) is 0 Å². The Morgan fingerprint density at radius 2 is 1.55 bits per heavy atom. The summed E-state index contributed by atoms with van der Waals surface area (Å²) in [4.78, 5) is 23.8. The number of alkyl halides is 3. The molecule has 2 aromatic rings. The van der Waals surface area contributed by atoms with E-state index in [0.717, 1.165) is 12.1 Å². The van der Waals surface area contributed by atoms with Crippen LogP contribution in [0.2, 0.25) is 0 Å². The smallest absolute Gasteiger partial charge is 0.402 e. The molecule has 0 bridgehead atoms. The van der Waals surface area contributed by atoms with Gasteiger partial charge in [-0.3, -0.25) is 20.4 Å². The molecule has 0 aliphatic rings. The Labute approximate surface area is 176 Å². The topological polar surface area (TPSA) is 114 Å². The number of amides is 2. The molecule has 0 aromatic heterocycles. The van der Waals surface area contributed by atoms with E-state index in [1.54, 1.807) is 12.1 Å². The number of carbonyl (C=O) groups is 2. The maximum atomic E-state index is 12.3. The van der Waals surface area contributed by atoms with E-state index in [9.17, 15) is 31.2 Å². The van der Waals surface area contributed by atoms with Crippen LogP contribution >= 0.6 is 0 Å². The molecule has 0 aliphatic carbocycles. The van der Waals surface area contributed by atoms with Gasteiger partial charge in [-0.2, -0.15) is 13.2 Å². The Morgan fingerprint density at radius 3 is 2.10 bits per heavy atom. The second kappa shape index (κ2) is 9.79. The Hall–Kier alpha value is -3.12. The SMILES string of the molecule is CC(C)Oc1ccc(C(=O)NNC(=O)c2cccc(S(=O)(=O)NCC(F)(F)F)c2)cc1. The average Bonchev–Trinajstić information content (AvgIpc) is 2.70. The van der Waals surface area contributed by atoms with E-state index in [2.05, 4.69) is 10.9 Å². The minimum Gasteiger partial charge on any atom is -0.491 e. The fraction of sp³-hybridized carbons (Fsp3) is 0.263. The molecule has 3 N–H and O–H groups in total. The highest BCUT2D eigenvalue weighted by molar-refractivity contribution is 7.89. The molecule has 0 fully saturated rings. The highest BCUT2D eigenvalue weighted by Gasteiger charge is 2.30. The third-order valence-electron chi connectivity index (χ3n) is 3.65. The Kier molecular flexibility index (Phi) is 7.63. The van der Waals surface area contributed by atoms with Crippen LogP contribution < -0.4 is 20.3 Å². The number of nitrogens with one attached hydrogen (secondary N) is 3. The lowest BCUT2D eigenvalue weighted by molar-refractivity contribution is -0.121. The van der Waals surface area contributed by atoms with Crippen LogP contribution in [0.25, 0.3) is 0 Å². The predicted molar refractivity (Wildman–Crippen MR) is 105 cm³/mol. The van der Waals surface area contributed by atoms with Crippen molar-refractivity contribution >= 4 is 21.8 Å². The lowest BCUT2D eigenvalue weighted by Gasteiger charge is -2.12. The minimum absolute atomic E-state index is 0.0396. The number of hydrazine groups is 1. The van der Waals surface area contributed by atoms with E-state index < -0.39 is 39.5 Å². The summed E-state index contributed by atoms with van der Waals surface area (Å²) in [7, 11) is -4.49. The highest BCUT2D eigenvalue weighted by atomic mass is 32.2. The summed E-state index contributed by atoms with van der Waals surface area (Å²) in [5.41, 5.74) is 4.32. The number of hydrogen-bond donors (Lipinski definition) is 3. The summed E-state index contributed by atoms with van der Waals surface area (Å²) in [6, 6.07) is 10.5. The van der Waals surface area contributed by atoms with E-state index in [-0.39, 0.29) is 17.2 Å². The van der Waals surface area contributed by atoms with Crippen LogP contribution in [-0.2, 0) is 10.0 Å². The molecule has 0 atom stereocenters. The number of rotatable bonds is 7. The summed E-state index contributed by atoms with van der Waals surface area (Å²) in [6.45, 7) is 1.95. The first-order valence-corrected chi connectivity index (χ1v) is 10.4. The lowest BCUT2D eigenvalue weighted by Crippen LogP contribution is -2.41. The summed E-state index contributed by atoms with van der Waals surface area (Å²) in [5, 5.41) is 0. The van der Waals surface area contributed by atoms with E-state index in [4.69, 9.17) is 4.74 Å². The second-order valence-corrected chi connectivity index (χ2v) is 8.33. The zero-order valence-electron chi connectivity index (χ0n) is 16.5. The lowest BCUT2D eigenvalue weighted by atomic mass is 10.2. The molecule has 2 rings (SSSR count). The van der Waals surface area contributed by atoms with Gasteiger partial charge in [-0.1, -0.05) is 6.07 Å². The fourth-order valence-corrected chi connectivity index (χ4v) is 3.34. The van der Waals surface area contributed by atoms with Crippen molar-refractivity contribution in [1.29, 1.82) is 0 Å². The summed E-state index contributed by atoms with van der Waals surface area (Å²) in [6.07, 6.45) is -4.77. The van der Waals surface area contributed by atoms with Crippen LogP contribution in [0.4, 0.5) is 13.2 Å². The number of benzene rings is 2. The number of carbonyl (C=O) groups excluding carboxylic acids is 2. The zero-order chi connectivity index (χ0) is 23.2. The maximum absolute atomic E-state index is 12.3. The van der Waals surface area contributed by atoms with Gasteiger partial charge in [0.25, 0.3) is 11.8 Å². The van der Waals surface area contributed by atoms with Crippen molar-refractivity contribution in [3.63, 3.8) is 0 Å². The summed E-state index contributed by atoms with van der Waals surface area (Å²) < 4.78 is 67.6. The third-order valence-corrected chi connectivity index (χ3v) is 5.05. The first-order chi connectivity index (χ1) is 14.4. The van der Waals surface area contributed by atoms with Crippen LogP contribution in [0.5, 0.6) is 5.75 Å². The molecular formula is C19H20F3N3O5S. The summed E-state index contributed by atoms with van der Waals surface area (Å²) >= 11 is 0. The molecule has 0 aliphatic heterocycles. The van der Waals surface area contributed by atoms with Gasteiger partial charge < -0.3 is 4.74 Å². The van der Waals surface area contributed by atoms with E-state index in [0.29, 0.717) is 5.75 Å². The molecular weight excluding hydrogens is 439 g/mol. The predicted octanol–water partition coefficient (Wildman–Crippen LogP) is 2.39. The van der Waals surface area contributed by atoms with Crippen LogP contribution in [0.3, 0.4) is 0 Å². The first-order valence-electron chi connectivity index (χ1n) is 8.91. The highest BCUT2D eigenvalue weighted by Crippen LogP contribution is 2.16.